The minimum atomic E-state index is -0.672. The average molecular weight is 237 g/mol. The number of thioether (sulfide) groups is 1. The van der Waals surface area contributed by atoms with Gasteiger partial charge in [-0.2, -0.15) is 11.8 Å². The molecule has 0 saturated carbocycles. The third kappa shape index (κ3) is 10.5. The third-order valence-electron chi connectivity index (χ3n) is 1.65. The highest BCUT2D eigenvalue weighted by atomic mass is 32.2. The predicted octanol–water partition coefficient (Wildman–Crippen LogP) is 1.87. The summed E-state index contributed by atoms with van der Waals surface area (Å²) in [5.41, 5.74) is 0. The van der Waals surface area contributed by atoms with Crippen molar-refractivity contribution in [2.75, 3.05) is 24.3 Å². The van der Waals surface area contributed by atoms with Crippen LogP contribution in [-0.4, -0.2) is 39.3 Å². The van der Waals surface area contributed by atoms with E-state index in [1.165, 1.54) is 0 Å². The molecule has 0 unspecified atom stereocenters. The fourth-order valence-electron chi connectivity index (χ4n) is 0.883. The molecule has 0 aliphatic rings. The maximum Gasteiger partial charge on any atom is 0.0357 e. The molecule has 14 heavy (non-hydrogen) atoms. The van der Waals surface area contributed by atoms with Gasteiger partial charge in [-0.05, 0) is 6.92 Å². The van der Waals surface area contributed by atoms with E-state index in [9.17, 15) is 4.21 Å². The molecule has 2 atom stereocenters. The summed E-state index contributed by atoms with van der Waals surface area (Å²) in [6, 6.07) is 0.503. The average Bonchev–Trinajstić information content (AvgIpc) is 1.99. The van der Waals surface area contributed by atoms with E-state index in [-0.39, 0.29) is 0 Å². The Kier molecular flexibility index (Phi) is 7.08. The lowest BCUT2D eigenvalue weighted by molar-refractivity contribution is 0.615. The zero-order valence-electron chi connectivity index (χ0n) is 9.92. The van der Waals surface area contributed by atoms with Crippen molar-refractivity contribution in [3.8, 4) is 0 Å². The van der Waals surface area contributed by atoms with Gasteiger partial charge in [-0.25, -0.2) is 0 Å². The molecule has 0 rings (SSSR count). The van der Waals surface area contributed by atoms with Gasteiger partial charge in [-0.15, -0.1) is 0 Å². The van der Waals surface area contributed by atoms with E-state index in [1.54, 1.807) is 6.26 Å². The number of nitrogens with one attached hydrogen (secondary N) is 1. The summed E-state index contributed by atoms with van der Waals surface area (Å²) in [4.78, 5) is 0. The molecule has 0 fully saturated rings. The maximum absolute atomic E-state index is 10.8. The van der Waals surface area contributed by atoms with Crippen LogP contribution >= 0.6 is 11.8 Å². The van der Waals surface area contributed by atoms with Crippen molar-refractivity contribution in [3.63, 3.8) is 0 Å². The van der Waals surface area contributed by atoms with Crippen LogP contribution in [0.15, 0.2) is 0 Å². The van der Waals surface area contributed by atoms with Crippen molar-refractivity contribution in [1.82, 2.24) is 5.32 Å². The smallest absolute Gasteiger partial charge is 0.0357 e. The van der Waals surface area contributed by atoms with Gasteiger partial charge in [0.2, 0.25) is 0 Å². The molecule has 0 aromatic rings. The topological polar surface area (TPSA) is 29.1 Å². The van der Waals surface area contributed by atoms with Gasteiger partial charge in [-0.3, -0.25) is 4.21 Å². The molecular formula is C10H23NOS2. The van der Waals surface area contributed by atoms with E-state index < -0.39 is 10.8 Å². The first kappa shape index (κ1) is 14.5. The zero-order chi connectivity index (χ0) is 11.2. The van der Waals surface area contributed by atoms with Crippen molar-refractivity contribution >= 4 is 22.6 Å². The lowest BCUT2D eigenvalue weighted by Gasteiger charge is -2.21. The van der Waals surface area contributed by atoms with Crippen LogP contribution in [0.2, 0.25) is 0 Å². The maximum atomic E-state index is 10.8. The van der Waals surface area contributed by atoms with Crippen LogP contribution < -0.4 is 5.32 Å². The Bertz CT molecular complexity index is 177. The molecule has 0 radical (unpaired) electrons. The molecule has 0 aromatic heterocycles. The van der Waals surface area contributed by atoms with Gasteiger partial charge in [0, 0.05) is 45.9 Å². The summed E-state index contributed by atoms with van der Waals surface area (Å²) in [7, 11) is -0.672. The molecule has 0 aliphatic carbocycles. The molecule has 0 bridgehead atoms. The van der Waals surface area contributed by atoms with Gasteiger partial charge < -0.3 is 5.32 Å². The van der Waals surface area contributed by atoms with Crippen molar-refractivity contribution in [2.45, 2.75) is 38.5 Å². The van der Waals surface area contributed by atoms with Crippen molar-refractivity contribution in [2.24, 2.45) is 0 Å². The Hall–Kier alpha value is 0.460. The summed E-state index contributed by atoms with van der Waals surface area (Å²) in [6.45, 7) is 9.72. The molecule has 2 nitrogen and oxygen atoms in total. The second-order valence-electron chi connectivity index (χ2n) is 4.56. The van der Waals surface area contributed by atoms with Gasteiger partial charge in [0.05, 0.1) is 0 Å². The molecule has 0 spiro atoms. The standard InChI is InChI=1S/C10H23NOS2/c1-9(8-13-10(2,3)4)11-6-7-14(5)12/h9,11H,6-8H2,1-5H3/t9-,14-/m0/s1. The Labute approximate surface area is 95.1 Å². The summed E-state index contributed by atoms with van der Waals surface area (Å²) >= 11 is 1.96. The summed E-state index contributed by atoms with van der Waals surface area (Å²) in [6.07, 6.45) is 1.75. The fraction of sp³-hybridized carbons (Fsp3) is 1.00. The zero-order valence-corrected chi connectivity index (χ0v) is 11.6. The molecule has 0 saturated heterocycles. The number of hydrogen-bond acceptors (Lipinski definition) is 3. The van der Waals surface area contributed by atoms with Crippen molar-refractivity contribution < 1.29 is 4.21 Å². The van der Waals surface area contributed by atoms with Crippen LogP contribution in [0.1, 0.15) is 27.7 Å². The first-order valence-corrected chi connectivity index (χ1v) is 7.70. The van der Waals surface area contributed by atoms with Crippen molar-refractivity contribution in [3.05, 3.63) is 0 Å². The van der Waals surface area contributed by atoms with Crippen molar-refractivity contribution in [1.29, 1.82) is 0 Å². The Morgan fingerprint density at radius 2 is 2.00 bits per heavy atom. The Morgan fingerprint density at radius 1 is 1.43 bits per heavy atom. The minimum absolute atomic E-state index is 0.337. The number of hydrogen-bond donors (Lipinski definition) is 1. The van der Waals surface area contributed by atoms with E-state index in [2.05, 4.69) is 33.0 Å². The van der Waals surface area contributed by atoms with E-state index in [4.69, 9.17) is 0 Å². The highest BCUT2D eigenvalue weighted by molar-refractivity contribution is 8.00. The third-order valence-corrected chi connectivity index (χ3v) is 3.96. The van der Waals surface area contributed by atoms with Crippen LogP contribution in [-0.2, 0) is 10.8 Å². The fourth-order valence-corrected chi connectivity index (χ4v) is 2.16. The van der Waals surface area contributed by atoms with Crippen LogP contribution in [0.3, 0.4) is 0 Å². The van der Waals surface area contributed by atoms with Crippen LogP contribution in [0, 0.1) is 0 Å². The van der Waals surface area contributed by atoms with Gasteiger partial charge in [0.25, 0.3) is 0 Å². The summed E-state index contributed by atoms with van der Waals surface area (Å²) < 4.78 is 11.1. The van der Waals surface area contributed by atoms with Gasteiger partial charge in [-0.1, -0.05) is 20.8 Å². The largest absolute Gasteiger partial charge is 0.313 e. The van der Waals surface area contributed by atoms with Crippen LogP contribution in [0.25, 0.3) is 0 Å². The molecule has 4 heteroatoms. The molecule has 1 N–H and O–H groups in total. The highest BCUT2D eigenvalue weighted by Crippen LogP contribution is 2.23. The van der Waals surface area contributed by atoms with Gasteiger partial charge in [0.15, 0.2) is 0 Å². The number of rotatable bonds is 6. The minimum Gasteiger partial charge on any atom is -0.313 e. The predicted molar refractivity (Wildman–Crippen MR) is 68.6 cm³/mol. The summed E-state index contributed by atoms with van der Waals surface area (Å²) in [5, 5.41) is 3.37. The monoisotopic (exact) mass is 237 g/mol. The molecular weight excluding hydrogens is 214 g/mol. The normalized spacial score (nSPS) is 16.6. The van der Waals surface area contributed by atoms with E-state index in [1.807, 2.05) is 11.8 Å². The van der Waals surface area contributed by atoms with E-state index in [0.717, 1.165) is 18.1 Å². The Morgan fingerprint density at radius 3 is 2.43 bits per heavy atom. The molecule has 0 aliphatic heterocycles. The SMILES string of the molecule is C[C@@H](CSC(C)(C)C)NCC[S@](C)=O. The second kappa shape index (κ2) is 6.85. The van der Waals surface area contributed by atoms with Crippen LogP contribution in [0.4, 0.5) is 0 Å². The van der Waals surface area contributed by atoms with Gasteiger partial charge >= 0.3 is 0 Å². The van der Waals surface area contributed by atoms with Gasteiger partial charge in [0.1, 0.15) is 0 Å². The summed E-state index contributed by atoms with van der Waals surface area (Å²) in [5.74, 6) is 1.87. The molecule has 0 heterocycles. The highest BCUT2D eigenvalue weighted by Gasteiger charge is 2.12. The van der Waals surface area contributed by atoms with E-state index >= 15 is 0 Å². The molecule has 0 amide bonds. The first-order chi connectivity index (χ1) is 6.31. The van der Waals surface area contributed by atoms with Crippen LogP contribution in [0.5, 0.6) is 0 Å². The first-order valence-electron chi connectivity index (χ1n) is 4.98. The lowest BCUT2D eigenvalue weighted by atomic mass is 10.3. The van der Waals surface area contributed by atoms with E-state index in [0.29, 0.717) is 10.8 Å². The Balaban J connectivity index is 3.46. The molecule has 86 valence electrons. The quantitative estimate of drug-likeness (QED) is 0.765. The lowest BCUT2D eigenvalue weighted by Crippen LogP contribution is -2.32. The molecule has 0 aromatic carbocycles. The second-order valence-corrected chi connectivity index (χ2v) is 7.96.